The van der Waals surface area contributed by atoms with E-state index < -0.39 is 17.9 Å². The van der Waals surface area contributed by atoms with Crippen LogP contribution in [0.4, 0.5) is 4.79 Å². The van der Waals surface area contributed by atoms with Crippen LogP contribution in [-0.4, -0.2) is 25.2 Å². The summed E-state index contributed by atoms with van der Waals surface area (Å²) in [4.78, 5) is 24.6. The van der Waals surface area contributed by atoms with E-state index in [1.807, 2.05) is 31.2 Å². The molecule has 142 valence electrons. The molecular weight excluding hydrogens is 332 g/mol. The van der Waals surface area contributed by atoms with E-state index in [4.69, 9.17) is 9.47 Å². The van der Waals surface area contributed by atoms with Crippen LogP contribution in [0.2, 0.25) is 0 Å². The molecule has 0 aromatic heterocycles. The molecule has 26 heavy (non-hydrogen) atoms. The Morgan fingerprint density at radius 2 is 1.92 bits per heavy atom. The van der Waals surface area contributed by atoms with Crippen LogP contribution in [0.3, 0.4) is 0 Å². The van der Waals surface area contributed by atoms with Crippen LogP contribution in [0.25, 0.3) is 0 Å². The quantitative estimate of drug-likeness (QED) is 0.520. The van der Waals surface area contributed by atoms with Crippen molar-refractivity contribution in [1.29, 1.82) is 0 Å². The molecule has 6 nitrogen and oxygen atoms in total. The second kappa shape index (κ2) is 9.85. The first kappa shape index (κ1) is 19.8. The Bertz CT molecular complexity index is 644. The lowest BCUT2D eigenvalue weighted by molar-refractivity contribution is -0.148. The molecule has 1 heterocycles. The Kier molecular flexibility index (Phi) is 7.51. The molecular formula is C20H28N2O4. The van der Waals surface area contributed by atoms with Gasteiger partial charge in [0.05, 0.1) is 19.3 Å². The van der Waals surface area contributed by atoms with Gasteiger partial charge in [0, 0.05) is 11.3 Å². The Balaban J connectivity index is 2.23. The highest BCUT2D eigenvalue weighted by Gasteiger charge is 2.40. The van der Waals surface area contributed by atoms with Crippen LogP contribution in [0, 0.1) is 5.92 Å². The smallest absolute Gasteiger partial charge is 0.319 e. The Labute approximate surface area is 154 Å². The summed E-state index contributed by atoms with van der Waals surface area (Å²) in [5, 5.41) is 5.41. The van der Waals surface area contributed by atoms with Gasteiger partial charge in [-0.1, -0.05) is 51.5 Å². The molecule has 2 amide bonds. The molecule has 0 spiro atoms. The van der Waals surface area contributed by atoms with Crippen LogP contribution in [0.1, 0.15) is 51.1 Å². The molecule has 2 rings (SSSR count). The monoisotopic (exact) mass is 360 g/mol. The molecule has 1 aromatic rings. The van der Waals surface area contributed by atoms with Gasteiger partial charge in [0.2, 0.25) is 0 Å². The SMILES string of the molecule is C=C1NC(=O)N[C@@H](c2ccccc2OCCC)[C@@H]1C(=O)OCCCCC. The zero-order valence-corrected chi connectivity index (χ0v) is 15.5. The molecule has 1 aliphatic heterocycles. The summed E-state index contributed by atoms with van der Waals surface area (Å²) in [6.45, 7) is 8.90. The van der Waals surface area contributed by atoms with Gasteiger partial charge in [-0.05, 0) is 18.9 Å². The van der Waals surface area contributed by atoms with Crippen molar-refractivity contribution in [2.24, 2.45) is 5.92 Å². The van der Waals surface area contributed by atoms with Gasteiger partial charge < -0.3 is 20.1 Å². The fourth-order valence-corrected chi connectivity index (χ4v) is 2.92. The van der Waals surface area contributed by atoms with Crippen molar-refractivity contribution in [2.45, 2.75) is 45.6 Å². The van der Waals surface area contributed by atoms with E-state index in [9.17, 15) is 9.59 Å². The summed E-state index contributed by atoms with van der Waals surface area (Å²) in [7, 11) is 0. The molecule has 0 saturated carbocycles. The molecule has 1 fully saturated rings. The average molecular weight is 360 g/mol. The van der Waals surface area contributed by atoms with Gasteiger partial charge in [0.1, 0.15) is 11.7 Å². The number of benzene rings is 1. The van der Waals surface area contributed by atoms with Crippen LogP contribution in [0.15, 0.2) is 36.5 Å². The molecule has 0 unspecified atom stereocenters. The van der Waals surface area contributed by atoms with Crippen molar-refractivity contribution < 1.29 is 19.1 Å². The predicted octanol–water partition coefficient (Wildman–Crippen LogP) is 3.69. The van der Waals surface area contributed by atoms with E-state index in [2.05, 4.69) is 24.1 Å². The van der Waals surface area contributed by atoms with Gasteiger partial charge in [0.25, 0.3) is 0 Å². The van der Waals surface area contributed by atoms with E-state index in [-0.39, 0.29) is 6.03 Å². The number of unbranched alkanes of at least 4 members (excludes halogenated alkanes) is 2. The first-order chi connectivity index (χ1) is 12.6. The summed E-state index contributed by atoms with van der Waals surface area (Å²) < 4.78 is 11.2. The van der Waals surface area contributed by atoms with Crippen molar-refractivity contribution in [2.75, 3.05) is 13.2 Å². The topological polar surface area (TPSA) is 76.7 Å². The number of rotatable bonds is 9. The number of urea groups is 1. The largest absolute Gasteiger partial charge is 0.493 e. The van der Waals surface area contributed by atoms with Crippen molar-refractivity contribution in [3.05, 3.63) is 42.1 Å². The second-order valence-corrected chi connectivity index (χ2v) is 6.34. The Morgan fingerprint density at radius 3 is 2.65 bits per heavy atom. The van der Waals surface area contributed by atoms with Crippen LogP contribution in [-0.2, 0) is 9.53 Å². The number of carbonyl (C=O) groups excluding carboxylic acids is 2. The number of carbonyl (C=O) groups is 2. The van der Waals surface area contributed by atoms with Crippen LogP contribution in [0.5, 0.6) is 5.75 Å². The number of nitrogens with one attached hydrogen (secondary N) is 2. The van der Waals surface area contributed by atoms with E-state index in [1.54, 1.807) is 0 Å². The standard InChI is InChI=1S/C20H28N2O4/c1-4-6-9-13-26-19(23)17-14(3)21-20(24)22-18(17)15-10-7-8-11-16(15)25-12-5-2/h7-8,10-11,17-18H,3-6,9,12-13H2,1-2H3,(H2,21,22,24)/t17-,18+/m1/s1. The van der Waals surface area contributed by atoms with E-state index in [0.717, 1.165) is 31.2 Å². The van der Waals surface area contributed by atoms with Crippen LogP contribution >= 0.6 is 0 Å². The van der Waals surface area contributed by atoms with Gasteiger partial charge >= 0.3 is 12.0 Å². The average Bonchev–Trinajstić information content (AvgIpc) is 2.63. The Morgan fingerprint density at radius 1 is 1.15 bits per heavy atom. The summed E-state index contributed by atoms with van der Waals surface area (Å²) in [5.74, 6) is -0.451. The highest BCUT2D eigenvalue weighted by Crippen LogP contribution is 2.35. The third kappa shape index (κ3) is 5.00. The summed E-state index contributed by atoms with van der Waals surface area (Å²) in [5.41, 5.74) is 1.08. The number of hydrogen-bond acceptors (Lipinski definition) is 4. The highest BCUT2D eigenvalue weighted by atomic mass is 16.5. The first-order valence-corrected chi connectivity index (χ1v) is 9.23. The zero-order chi connectivity index (χ0) is 18.9. The lowest BCUT2D eigenvalue weighted by atomic mass is 9.88. The fraction of sp³-hybridized carbons (Fsp3) is 0.500. The van der Waals surface area contributed by atoms with E-state index >= 15 is 0 Å². The number of amides is 2. The predicted molar refractivity (Wildman–Crippen MR) is 99.8 cm³/mol. The molecule has 0 radical (unpaired) electrons. The minimum absolute atomic E-state index is 0.338. The lowest BCUT2D eigenvalue weighted by Crippen LogP contribution is -2.51. The van der Waals surface area contributed by atoms with E-state index in [0.29, 0.717) is 24.7 Å². The third-order valence-corrected chi connectivity index (χ3v) is 4.23. The molecule has 2 atom stereocenters. The molecule has 1 aliphatic rings. The van der Waals surface area contributed by atoms with Crippen LogP contribution < -0.4 is 15.4 Å². The maximum Gasteiger partial charge on any atom is 0.319 e. The maximum atomic E-state index is 12.7. The number of ether oxygens (including phenoxy) is 2. The van der Waals surface area contributed by atoms with Gasteiger partial charge in [-0.25, -0.2) is 4.79 Å². The molecule has 6 heteroatoms. The minimum Gasteiger partial charge on any atom is -0.493 e. The summed E-state index contributed by atoms with van der Waals surface area (Å²) >= 11 is 0. The van der Waals surface area contributed by atoms with Crippen molar-refractivity contribution in [3.63, 3.8) is 0 Å². The van der Waals surface area contributed by atoms with Gasteiger partial charge in [-0.15, -0.1) is 0 Å². The van der Waals surface area contributed by atoms with E-state index in [1.165, 1.54) is 0 Å². The van der Waals surface area contributed by atoms with Gasteiger partial charge in [0.15, 0.2) is 0 Å². The first-order valence-electron chi connectivity index (χ1n) is 9.23. The second-order valence-electron chi connectivity index (χ2n) is 6.34. The lowest BCUT2D eigenvalue weighted by Gasteiger charge is -2.34. The molecule has 1 aromatic carbocycles. The van der Waals surface area contributed by atoms with Crippen molar-refractivity contribution in [1.82, 2.24) is 10.6 Å². The summed E-state index contributed by atoms with van der Waals surface area (Å²) in [6.07, 6.45) is 3.74. The van der Waals surface area contributed by atoms with Gasteiger partial charge in [-0.2, -0.15) is 0 Å². The molecule has 0 aliphatic carbocycles. The maximum absolute atomic E-state index is 12.7. The third-order valence-electron chi connectivity index (χ3n) is 4.23. The number of para-hydroxylation sites is 1. The normalized spacial score (nSPS) is 19.5. The molecule has 2 N–H and O–H groups in total. The number of hydrogen-bond donors (Lipinski definition) is 2. The highest BCUT2D eigenvalue weighted by molar-refractivity contribution is 5.85. The molecule has 0 bridgehead atoms. The van der Waals surface area contributed by atoms with Crippen molar-refractivity contribution in [3.8, 4) is 5.75 Å². The fourth-order valence-electron chi connectivity index (χ4n) is 2.92. The minimum atomic E-state index is -0.708. The molecule has 1 saturated heterocycles. The van der Waals surface area contributed by atoms with Crippen molar-refractivity contribution >= 4 is 12.0 Å². The summed E-state index contributed by atoms with van der Waals surface area (Å²) in [6, 6.07) is 6.44. The van der Waals surface area contributed by atoms with Gasteiger partial charge in [-0.3, -0.25) is 4.79 Å². The zero-order valence-electron chi connectivity index (χ0n) is 15.5. The Hall–Kier alpha value is -2.50. The number of esters is 1.